The lowest BCUT2D eigenvalue weighted by Crippen LogP contribution is -2.14. The van der Waals surface area contributed by atoms with E-state index in [0.29, 0.717) is 17.9 Å². The van der Waals surface area contributed by atoms with Crippen molar-refractivity contribution in [2.75, 3.05) is 5.32 Å². The third-order valence-corrected chi connectivity index (χ3v) is 4.25. The highest BCUT2D eigenvalue weighted by atomic mass is 79.9. The molecule has 2 heterocycles. The topological polar surface area (TPSA) is 72.7 Å². The monoisotopic (exact) mass is 399 g/mol. The molecule has 3 aromatic rings. The molecule has 0 radical (unpaired) electrons. The van der Waals surface area contributed by atoms with Crippen LogP contribution >= 0.6 is 15.9 Å². The summed E-state index contributed by atoms with van der Waals surface area (Å²) < 4.78 is 2.68. The maximum absolute atomic E-state index is 12.2. The van der Waals surface area contributed by atoms with Gasteiger partial charge < -0.3 is 5.32 Å². The Labute approximate surface area is 154 Å². The molecule has 0 unspecified atom stereocenters. The molecule has 128 valence electrons. The fourth-order valence-corrected chi connectivity index (χ4v) is 2.73. The largest absolute Gasteiger partial charge is 0.322 e. The average Bonchev–Trinajstić information content (AvgIpc) is 3.15. The number of anilines is 1. The molecule has 0 aliphatic carbocycles. The number of benzene rings is 1. The number of nitrogens with zero attached hydrogens (tertiary/aromatic N) is 4. The van der Waals surface area contributed by atoms with Crippen LogP contribution in [0.1, 0.15) is 24.8 Å². The van der Waals surface area contributed by atoms with Crippen molar-refractivity contribution in [2.24, 2.45) is 0 Å². The summed E-state index contributed by atoms with van der Waals surface area (Å²) >= 11 is 3.43. The molecule has 0 atom stereocenters. The molecule has 0 aliphatic heterocycles. The third kappa shape index (κ3) is 4.96. The molecule has 0 saturated heterocycles. The van der Waals surface area contributed by atoms with Crippen LogP contribution in [0.3, 0.4) is 0 Å². The van der Waals surface area contributed by atoms with E-state index in [4.69, 9.17) is 0 Å². The number of aryl methyl sites for hydroxylation is 1. The fourth-order valence-electron chi connectivity index (χ4n) is 2.47. The Balaban J connectivity index is 1.49. The smallest absolute Gasteiger partial charge is 0.224 e. The van der Waals surface area contributed by atoms with Crippen molar-refractivity contribution in [2.45, 2.75) is 25.7 Å². The summed E-state index contributed by atoms with van der Waals surface area (Å²) in [5.74, 6) is 0.516. The molecule has 2 aromatic heterocycles. The molecule has 1 amide bonds. The highest BCUT2D eigenvalue weighted by molar-refractivity contribution is 9.10. The van der Waals surface area contributed by atoms with Crippen LogP contribution in [0.5, 0.6) is 0 Å². The van der Waals surface area contributed by atoms with Crippen molar-refractivity contribution < 1.29 is 4.79 Å². The van der Waals surface area contributed by atoms with Crippen LogP contribution in [0.2, 0.25) is 0 Å². The van der Waals surface area contributed by atoms with Gasteiger partial charge in [-0.2, -0.15) is 5.10 Å². The van der Waals surface area contributed by atoms with Crippen LogP contribution in [0.15, 0.2) is 59.7 Å². The third-order valence-electron chi connectivity index (χ3n) is 3.72. The molecule has 6 nitrogen and oxygen atoms in total. The number of hydrogen-bond donors (Lipinski definition) is 1. The zero-order valence-electron chi connectivity index (χ0n) is 13.6. The maximum Gasteiger partial charge on any atom is 0.224 e. The maximum atomic E-state index is 12.2. The SMILES string of the molecule is O=C(CCCCc1ccc(Br)cc1)Nc1cncnc1-n1cccn1. The van der Waals surface area contributed by atoms with Crippen molar-refractivity contribution in [3.8, 4) is 5.82 Å². The van der Waals surface area contributed by atoms with Gasteiger partial charge in [0.05, 0.1) is 6.20 Å². The minimum Gasteiger partial charge on any atom is -0.322 e. The predicted molar refractivity (Wildman–Crippen MR) is 99.5 cm³/mol. The van der Waals surface area contributed by atoms with Gasteiger partial charge in [-0.05, 0) is 43.0 Å². The van der Waals surface area contributed by atoms with Gasteiger partial charge in [0, 0.05) is 23.3 Å². The summed E-state index contributed by atoms with van der Waals surface area (Å²) in [6.07, 6.45) is 9.68. The number of carbonyl (C=O) groups excluding carboxylic acids is 1. The van der Waals surface area contributed by atoms with E-state index in [9.17, 15) is 4.79 Å². The molecular weight excluding hydrogens is 382 g/mol. The van der Waals surface area contributed by atoms with Gasteiger partial charge in [-0.3, -0.25) is 4.79 Å². The standard InChI is InChI=1S/C18H18BrN5O/c19-15-8-6-14(7-9-15)4-1-2-5-17(25)23-16-12-20-13-21-18(16)24-11-3-10-22-24/h3,6-13H,1-2,4-5H2,(H,23,25). The Morgan fingerprint density at radius 1 is 1.20 bits per heavy atom. The molecule has 1 aromatic carbocycles. The lowest BCUT2D eigenvalue weighted by molar-refractivity contribution is -0.116. The number of carbonyl (C=O) groups is 1. The van der Waals surface area contributed by atoms with Gasteiger partial charge >= 0.3 is 0 Å². The Bertz CT molecular complexity index is 818. The van der Waals surface area contributed by atoms with E-state index >= 15 is 0 Å². The van der Waals surface area contributed by atoms with Gasteiger partial charge in [-0.15, -0.1) is 0 Å². The number of aromatic nitrogens is 4. The van der Waals surface area contributed by atoms with Crippen molar-refractivity contribution in [3.63, 3.8) is 0 Å². The van der Waals surface area contributed by atoms with Crippen molar-refractivity contribution in [3.05, 3.63) is 65.3 Å². The van der Waals surface area contributed by atoms with Crippen molar-refractivity contribution >= 4 is 27.5 Å². The second-order valence-electron chi connectivity index (χ2n) is 5.59. The van der Waals surface area contributed by atoms with E-state index in [1.54, 1.807) is 29.3 Å². The highest BCUT2D eigenvalue weighted by Crippen LogP contribution is 2.16. The van der Waals surface area contributed by atoms with E-state index in [1.165, 1.54) is 11.9 Å². The Hall–Kier alpha value is -2.54. The van der Waals surface area contributed by atoms with Crippen LogP contribution in [0.4, 0.5) is 5.69 Å². The molecule has 3 rings (SSSR count). The molecule has 25 heavy (non-hydrogen) atoms. The van der Waals surface area contributed by atoms with Gasteiger partial charge in [-0.25, -0.2) is 14.6 Å². The molecular formula is C18H18BrN5O. The molecule has 7 heteroatoms. The minimum atomic E-state index is -0.0426. The van der Waals surface area contributed by atoms with E-state index in [0.717, 1.165) is 23.7 Å². The first kappa shape index (κ1) is 17.3. The summed E-state index contributed by atoms with van der Waals surface area (Å²) in [4.78, 5) is 20.4. The van der Waals surface area contributed by atoms with E-state index < -0.39 is 0 Å². The Morgan fingerprint density at radius 3 is 2.80 bits per heavy atom. The van der Waals surface area contributed by atoms with Crippen LogP contribution in [0, 0.1) is 0 Å². The fraction of sp³-hybridized carbons (Fsp3) is 0.222. The van der Waals surface area contributed by atoms with Crippen LogP contribution < -0.4 is 5.32 Å². The van der Waals surface area contributed by atoms with Gasteiger partial charge in [0.15, 0.2) is 5.82 Å². The van der Waals surface area contributed by atoms with Gasteiger partial charge in [0.2, 0.25) is 5.91 Å². The highest BCUT2D eigenvalue weighted by Gasteiger charge is 2.10. The van der Waals surface area contributed by atoms with Crippen LogP contribution in [-0.2, 0) is 11.2 Å². The second kappa shape index (κ2) is 8.53. The molecule has 0 bridgehead atoms. The lowest BCUT2D eigenvalue weighted by atomic mass is 10.1. The quantitative estimate of drug-likeness (QED) is 0.613. The number of nitrogens with one attached hydrogen (secondary N) is 1. The summed E-state index contributed by atoms with van der Waals surface area (Å²) in [6, 6.07) is 10.1. The number of rotatable bonds is 7. The summed E-state index contributed by atoms with van der Waals surface area (Å²) in [7, 11) is 0. The number of halogens is 1. The van der Waals surface area contributed by atoms with Crippen molar-refractivity contribution in [1.29, 1.82) is 0 Å². The number of unbranched alkanes of at least 4 members (excludes halogenated alkanes) is 1. The normalized spacial score (nSPS) is 10.6. The van der Waals surface area contributed by atoms with Gasteiger partial charge in [-0.1, -0.05) is 28.1 Å². The lowest BCUT2D eigenvalue weighted by Gasteiger charge is -2.09. The van der Waals surface area contributed by atoms with Gasteiger partial charge in [0.1, 0.15) is 12.0 Å². The first-order valence-electron chi connectivity index (χ1n) is 8.07. The molecule has 0 spiro atoms. The summed E-state index contributed by atoms with van der Waals surface area (Å²) in [6.45, 7) is 0. The van der Waals surface area contributed by atoms with Crippen LogP contribution in [0.25, 0.3) is 5.82 Å². The van der Waals surface area contributed by atoms with E-state index in [2.05, 4.69) is 48.4 Å². The predicted octanol–water partition coefficient (Wildman–Crippen LogP) is 3.78. The summed E-state index contributed by atoms with van der Waals surface area (Å²) in [5, 5.41) is 7.02. The first-order valence-corrected chi connectivity index (χ1v) is 8.86. The molecule has 0 fully saturated rings. The van der Waals surface area contributed by atoms with E-state index in [-0.39, 0.29) is 5.91 Å². The molecule has 0 aliphatic rings. The zero-order valence-corrected chi connectivity index (χ0v) is 15.2. The second-order valence-corrected chi connectivity index (χ2v) is 6.51. The summed E-state index contributed by atoms with van der Waals surface area (Å²) in [5.41, 5.74) is 1.84. The molecule has 0 saturated carbocycles. The minimum absolute atomic E-state index is 0.0426. The van der Waals surface area contributed by atoms with Crippen LogP contribution in [-0.4, -0.2) is 25.7 Å². The van der Waals surface area contributed by atoms with Crippen molar-refractivity contribution in [1.82, 2.24) is 19.7 Å². The molecule has 1 N–H and O–H groups in total. The Kier molecular flexibility index (Phi) is 5.90. The first-order chi connectivity index (χ1) is 12.2. The number of hydrogen-bond acceptors (Lipinski definition) is 4. The average molecular weight is 400 g/mol. The number of amides is 1. The van der Waals surface area contributed by atoms with Gasteiger partial charge in [0.25, 0.3) is 0 Å². The zero-order chi connectivity index (χ0) is 17.5. The Morgan fingerprint density at radius 2 is 2.04 bits per heavy atom. The van der Waals surface area contributed by atoms with E-state index in [1.807, 2.05) is 12.1 Å².